The Morgan fingerprint density at radius 3 is 1.93 bits per heavy atom. The molecule has 1 aromatic heterocycles. The molecule has 2 fully saturated rings. The van der Waals surface area contributed by atoms with Crippen molar-refractivity contribution in [1.82, 2.24) is 0 Å². The number of aliphatic hydroxyl groups excluding tert-OH is 5. The molecule has 18 heteroatoms. The van der Waals surface area contributed by atoms with Gasteiger partial charge in [0.05, 0.1) is 0 Å². The van der Waals surface area contributed by atoms with Gasteiger partial charge in [-0.3, -0.25) is 4.79 Å². The zero-order valence-corrected chi connectivity index (χ0v) is 22.5. The summed E-state index contributed by atoms with van der Waals surface area (Å²) >= 11 is 0. The maximum atomic E-state index is 12.8. The lowest BCUT2D eigenvalue weighted by atomic mass is 9.97. The third-order valence-electron chi connectivity index (χ3n) is 7.19. The Morgan fingerprint density at radius 1 is 0.689 bits per heavy atom. The van der Waals surface area contributed by atoms with Crippen molar-refractivity contribution in [3.8, 4) is 34.3 Å². The molecule has 10 N–H and O–H groups in total. The molecule has 0 spiro atoms. The van der Waals surface area contributed by atoms with Crippen molar-refractivity contribution in [3.05, 3.63) is 46.6 Å². The van der Waals surface area contributed by atoms with Crippen LogP contribution < -0.4 is 10.2 Å². The van der Waals surface area contributed by atoms with Crippen LogP contribution in [-0.4, -0.2) is 124 Å². The predicted octanol–water partition coefficient (Wildman–Crippen LogP) is -2.24. The molecule has 0 amide bonds. The number of fused-ring (bicyclic) bond motifs is 1. The van der Waals surface area contributed by atoms with Gasteiger partial charge in [0.25, 0.3) is 0 Å². The Labute approximate surface area is 249 Å². The molecule has 45 heavy (non-hydrogen) atoms. The van der Waals surface area contributed by atoms with Crippen LogP contribution in [0.2, 0.25) is 0 Å². The van der Waals surface area contributed by atoms with E-state index >= 15 is 0 Å². The summed E-state index contributed by atoms with van der Waals surface area (Å²) < 4.78 is 27.1. The highest BCUT2D eigenvalue weighted by molar-refractivity contribution is 5.86. The summed E-state index contributed by atoms with van der Waals surface area (Å²) in [5.74, 6) is -5.65. The molecule has 2 aromatic carbocycles. The number of aliphatic hydroxyl groups is 5. The molecule has 0 radical (unpaired) electrons. The summed E-state index contributed by atoms with van der Waals surface area (Å²) in [4.78, 5) is 36.0. The Balaban J connectivity index is 1.51. The minimum atomic E-state index is -2.17. The molecular formula is C27H26O18. The zero-order chi connectivity index (χ0) is 32.9. The summed E-state index contributed by atoms with van der Waals surface area (Å²) in [6, 6.07) is 6.51. The van der Waals surface area contributed by atoms with Gasteiger partial charge in [0.1, 0.15) is 58.7 Å². The Morgan fingerprint density at radius 2 is 1.31 bits per heavy atom. The standard InChI is InChI=1S/C27H26O18/c28-9-2-1-7(3-10(9)29)13-6-12(31)15-11(30)4-8(5-14(15)42-13)41-27-23(19(35)18(34)22(44-27)25(39)40)45-26-20(36)16(32)17(33)21(43-26)24(37)38/h1-6,16-23,26-30,32-36H,(H,37,38)(H,39,40)/t16?,17-,18-,19?,20?,21?,22?,23?,26-,27+/m0/s1. The molecule has 3 aromatic rings. The summed E-state index contributed by atoms with van der Waals surface area (Å²) in [6.45, 7) is 0. The van der Waals surface area contributed by atoms with Crippen LogP contribution in [0.1, 0.15) is 0 Å². The SMILES string of the molecule is O=C(O)C1O[C@@H](OC2C(O)[C@H](O)C(C(=O)O)O[C@H]2Oc2cc(O)c3c(=O)cc(-c4ccc(O)c(O)c4)oc3c2)C(O)C(O)[C@@H]1O. The average Bonchev–Trinajstić information content (AvgIpc) is 2.97. The highest BCUT2D eigenvalue weighted by Crippen LogP contribution is 2.36. The number of phenols is 3. The van der Waals surface area contributed by atoms with Gasteiger partial charge in [0, 0.05) is 23.8 Å². The fourth-order valence-electron chi connectivity index (χ4n) is 4.86. The number of rotatable bonds is 7. The quantitative estimate of drug-likeness (QED) is 0.122. The average molecular weight is 638 g/mol. The minimum absolute atomic E-state index is 0.115. The third kappa shape index (κ3) is 5.95. The first kappa shape index (κ1) is 31.9. The van der Waals surface area contributed by atoms with E-state index in [1.807, 2.05) is 0 Å². The minimum Gasteiger partial charge on any atom is -0.507 e. The first-order valence-electron chi connectivity index (χ1n) is 13.0. The number of aliphatic carboxylic acids is 2. The van der Waals surface area contributed by atoms with E-state index in [0.717, 1.165) is 30.3 Å². The van der Waals surface area contributed by atoms with Crippen molar-refractivity contribution >= 4 is 22.9 Å². The number of aromatic hydroxyl groups is 3. The molecule has 18 nitrogen and oxygen atoms in total. The number of phenolic OH excluding ortho intramolecular Hbond substituents is 3. The fourth-order valence-corrected chi connectivity index (χ4v) is 4.86. The van der Waals surface area contributed by atoms with Crippen molar-refractivity contribution in [2.75, 3.05) is 0 Å². The van der Waals surface area contributed by atoms with Gasteiger partial charge in [-0.15, -0.1) is 0 Å². The van der Waals surface area contributed by atoms with Crippen molar-refractivity contribution < 1.29 is 84.0 Å². The summed E-state index contributed by atoms with van der Waals surface area (Å²) in [5.41, 5.74) is -0.880. The molecule has 5 rings (SSSR count). The molecule has 2 aliphatic heterocycles. The second kappa shape index (κ2) is 12.1. The van der Waals surface area contributed by atoms with Crippen LogP contribution in [0.15, 0.2) is 45.6 Å². The Hall–Kier alpha value is -4.53. The number of carboxylic acids is 2. The highest BCUT2D eigenvalue weighted by atomic mass is 16.8. The van der Waals surface area contributed by atoms with E-state index in [-0.39, 0.29) is 28.0 Å². The van der Waals surface area contributed by atoms with Gasteiger partial charge < -0.3 is 74.4 Å². The normalized spacial score (nSPS) is 31.8. The van der Waals surface area contributed by atoms with Gasteiger partial charge in [-0.2, -0.15) is 0 Å². The molecule has 2 saturated heterocycles. The maximum absolute atomic E-state index is 12.8. The highest BCUT2D eigenvalue weighted by Gasteiger charge is 2.54. The maximum Gasteiger partial charge on any atom is 0.335 e. The van der Waals surface area contributed by atoms with E-state index in [9.17, 15) is 65.4 Å². The van der Waals surface area contributed by atoms with Crippen LogP contribution in [0.3, 0.4) is 0 Å². The number of carbonyl (C=O) groups is 2. The van der Waals surface area contributed by atoms with Gasteiger partial charge in [-0.25, -0.2) is 9.59 Å². The van der Waals surface area contributed by atoms with Gasteiger partial charge in [0.2, 0.25) is 6.29 Å². The number of hydrogen-bond acceptors (Lipinski definition) is 16. The number of ether oxygens (including phenoxy) is 4. The number of hydrogen-bond donors (Lipinski definition) is 10. The predicted molar refractivity (Wildman–Crippen MR) is 141 cm³/mol. The van der Waals surface area contributed by atoms with Gasteiger partial charge >= 0.3 is 11.9 Å². The fraction of sp³-hybridized carbons (Fsp3) is 0.370. The van der Waals surface area contributed by atoms with Crippen molar-refractivity contribution in [2.24, 2.45) is 0 Å². The van der Waals surface area contributed by atoms with E-state index < -0.39 is 96.0 Å². The molecular weight excluding hydrogens is 612 g/mol. The third-order valence-corrected chi connectivity index (χ3v) is 7.19. The Kier molecular flexibility index (Phi) is 8.58. The van der Waals surface area contributed by atoms with Crippen molar-refractivity contribution in [3.63, 3.8) is 0 Å². The van der Waals surface area contributed by atoms with Gasteiger partial charge in [-0.1, -0.05) is 0 Å². The molecule has 3 heterocycles. The number of benzene rings is 2. The number of carboxylic acid groups (broad SMARTS) is 2. The summed E-state index contributed by atoms with van der Waals surface area (Å²) in [7, 11) is 0. The van der Waals surface area contributed by atoms with Crippen LogP contribution in [0.4, 0.5) is 0 Å². The van der Waals surface area contributed by atoms with Gasteiger partial charge in [0.15, 0.2) is 41.5 Å². The molecule has 242 valence electrons. The van der Waals surface area contributed by atoms with Gasteiger partial charge in [-0.05, 0) is 18.2 Å². The van der Waals surface area contributed by atoms with Crippen LogP contribution in [0.5, 0.6) is 23.0 Å². The first-order valence-corrected chi connectivity index (χ1v) is 13.0. The molecule has 0 bridgehead atoms. The monoisotopic (exact) mass is 638 g/mol. The second-order valence-corrected chi connectivity index (χ2v) is 10.2. The van der Waals surface area contributed by atoms with E-state index in [0.29, 0.717) is 0 Å². The lowest BCUT2D eigenvalue weighted by Gasteiger charge is -2.44. The van der Waals surface area contributed by atoms with Crippen LogP contribution >= 0.6 is 0 Å². The van der Waals surface area contributed by atoms with Crippen molar-refractivity contribution in [2.45, 2.75) is 61.4 Å². The molecule has 2 aliphatic rings. The topological polar surface area (TPSA) is 304 Å². The van der Waals surface area contributed by atoms with Crippen LogP contribution in [0, 0.1) is 0 Å². The van der Waals surface area contributed by atoms with E-state index in [1.165, 1.54) is 6.07 Å². The summed E-state index contributed by atoms with van der Waals surface area (Å²) in [6.07, 6.45) is -21.0. The second-order valence-electron chi connectivity index (χ2n) is 10.2. The van der Waals surface area contributed by atoms with Crippen molar-refractivity contribution in [1.29, 1.82) is 0 Å². The smallest absolute Gasteiger partial charge is 0.335 e. The molecule has 6 unspecified atom stereocenters. The zero-order valence-electron chi connectivity index (χ0n) is 22.5. The summed E-state index contributed by atoms with van der Waals surface area (Å²) in [5, 5.41) is 100. The molecule has 0 aliphatic carbocycles. The van der Waals surface area contributed by atoms with Crippen LogP contribution in [0.25, 0.3) is 22.3 Å². The van der Waals surface area contributed by atoms with Crippen LogP contribution in [-0.2, 0) is 23.8 Å². The Bertz CT molecular complexity index is 1670. The van der Waals surface area contributed by atoms with E-state index in [4.69, 9.17) is 23.4 Å². The van der Waals surface area contributed by atoms with E-state index in [1.54, 1.807) is 0 Å². The lowest BCUT2D eigenvalue weighted by molar-refractivity contribution is -0.350. The van der Waals surface area contributed by atoms with E-state index in [2.05, 4.69) is 0 Å². The lowest BCUT2D eigenvalue weighted by Crippen LogP contribution is -2.66. The largest absolute Gasteiger partial charge is 0.507 e. The molecule has 0 saturated carbocycles. The molecule has 10 atom stereocenters. The first-order chi connectivity index (χ1) is 21.2.